The molecule has 2 aromatic carbocycles. The van der Waals surface area contributed by atoms with Gasteiger partial charge < -0.3 is 14.5 Å². The molecule has 0 fully saturated rings. The van der Waals surface area contributed by atoms with E-state index >= 15 is 0 Å². The van der Waals surface area contributed by atoms with Gasteiger partial charge in [0.1, 0.15) is 11.4 Å². The van der Waals surface area contributed by atoms with E-state index in [1.54, 1.807) is 23.9 Å². The monoisotopic (exact) mass is 429 g/mol. The average molecular weight is 430 g/mol. The number of hydrogen-bond acceptors (Lipinski definition) is 4. The van der Waals surface area contributed by atoms with Crippen LogP contribution in [0.3, 0.4) is 0 Å². The Morgan fingerprint density at radius 1 is 1.19 bits per heavy atom. The molecule has 0 radical (unpaired) electrons. The first-order chi connectivity index (χ1) is 15.1. The Hall–Kier alpha value is -3.72. The van der Waals surface area contributed by atoms with Crippen LogP contribution in [0.1, 0.15) is 56.0 Å². The summed E-state index contributed by atoms with van der Waals surface area (Å²) in [5, 5.41) is 11.1. The average Bonchev–Trinajstić information content (AvgIpc) is 3.36. The van der Waals surface area contributed by atoms with Gasteiger partial charge in [-0.25, -0.2) is 4.79 Å². The number of aromatic nitrogens is 2. The number of aryl methyl sites for hydroxylation is 1. The van der Waals surface area contributed by atoms with Crippen LogP contribution < -0.4 is 4.74 Å². The summed E-state index contributed by atoms with van der Waals surface area (Å²) in [5.41, 5.74) is 4.74. The quantitative estimate of drug-likeness (QED) is 0.418. The molecule has 0 saturated carbocycles. The molecule has 0 bridgehead atoms. The fourth-order valence-electron chi connectivity index (χ4n) is 4.22. The van der Waals surface area contributed by atoms with Crippen molar-refractivity contribution in [3.8, 4) is 11.8 Å². The number of hydrogen-bond donors (Lipinski definition) is 1. The fraction of sp³-hybridized carbons (Fsp3) is 0.308. The lowest BCUT2D eigenvalue weighted by Gasteiger charge is -2.21. The third-order valence-electron chi connectivity index (χ3n) is 5.64. The van der Waals surface area contributed by atoms with Crippen molar-refractivity contribution in [3.63, 3.8) is 0 Å². The molecule has 0 aliphatic carbocycles. The lowest BCUT2D eigenvalue weighted by molar-refractivity contribution is 0.0544. The van der Waals surface area contributed by atoms with E-state index in [4.69, 9.17) is 9.47 Å². The number of rotatable bonds is 3. The number of aromatic amines is 1. The van der Waals surface area contributed by atoms with E-state index in [1.807, 2.05) is 52.0 Å². The molecule has 4 rings (SSSR count). The van der Waals surface area contributed by atoms with Crippen molar-refractivity contribution in [3.05, 3.63) is 65.0 Å². The first-order valence-corrected chi connectivity index (χ1v) is 10.6. The van der Waals surface area contributed by atoms with Crippen LogP contribution in [0.15, 0.2) is 42.6 Å². The number of carbonyl (C=O) groups excluding carboxylic acids is 1. The predicted octanol–water partition coefficient (Wildman–Crippen LogP) is 6.25. The van der Waals surface area contributed by atoms with E-state index in [-0.39, 0.29) is 5.92 Å². The lowest BCUT2D eigenvalue weighted by atomic mass is 9.92. The molecular weight excluding hydrogens is 402 g/mol. The molecule has 0 spiro atoms. The Bertz CT molecular complexity index is 1380. The van der Waals surface area contributed by atoms with Crippen molar-refractivity contribution in [2.75, 3.05) is 7.11 Å². The van der Waals surface area contributed by atoms with Crippen molar-refractivity contribution in [2.24, 2.45) is 0 Å². The van der Waals surface area contributed by atoms with Crippen LogP contribution >= 0.6 is 0 Å². The van der Waals surface area contributed by atoms with Crippen molar-refractivity contribution >= 4 is 27.9 Å². The lowest BCUT2D eigenvalue weighted by Crippen LogP contribution is -2.26. The number of fused-ring (bicyclic) bond motifs is 2. The summed E-state index contributed by atoms with van der Waals surface area (Å²) in [5.74, 6) is 0.723. The molecule has 1 N–H and O–H groups in total. The zero-order valence-electron chi connectivity index (χ0n) is 19.2. The minimum atomic E-state index is -0.586. The van der Waals surface area contributed by atoms with Crippen LogP contribution in [-0.4, -0.2) is 28.4 Å². The topological polar surface area (TPSA) is 80.0 Å². The third-order valence-corrected chi connectivity index (χ3v) is 5.64. The maximum atomic E-state index is 12.8. The number of carbonyl (C=O) groups is 1. The van der Waals surface area contributed by atoms with Gasteiger partial charge in [0, 0.05) is 39.7 Å². The standard InChI is InChI=1S/C26H27N3O3/c1-15-11-22(31-6)23(19-9-10-29(24(15)19)25(30)32-26(3,4)5)16(2)21-13-18-12-17(14-27)7-8-20(18)28-21/h7-13,16,28H,1-6H3. The molecule has 0 aliphatic heterocycles. The Balaban J connectivity index is 1.87. The minimum Gasteiger partial charge on any atom is -0.496 e. The third kappa shape index (κ3) is 3.71. The fourth-order valence-corrected chi connectivity index (χ4v) is 4.22. The molecule has 6 nitrogen and oxygen atoms in total. The molecule has 1 atom stereocenters. The maximum absolute atomic E-state index is 12.8. The van der Waals surface area contributed by atoms with Gasteiger partial charge >= 0.3 is 6.09 Å². The second kappa shape index (κ2) is 7.76. The zero-order chi connectivity index (χ0) is 23.2. The van der Waals surface area contributed by atoms with E-state index in [2.05, 4.69) is 24.0 Å². The Morgan fingerprint density at radius 3 is 2.59 bits per heavy atom. The van der Waals surface area contributed by atoms with Gasteiger partial charge in [-0.2, -0.15) is 5.26 Å². The maximum Gasteiger partial charge on any atom is 0.419 e. The number of nitriles is 1. The number of nitrogens with one attached hydrogen (secondary N) is 1. The van der Waals surface area contributed by atoms with Crippen LogP contribution in [-0.2, 0) is 4.74 Å². The van der Waals surface area contributed by atoms with Crippen LogP contribution in [0.25, 0.3) is 21.8 Å². The molecule has 32 heavy (non-hydrogen) atoms. The molecule has 2 aromatic heterocycles. The molecular formula is C26H27N3O3. The highest BCUT2D eigenvalue weighted by molar-refractivity contribution is 5.96. The van der Waals surface area contributed by atoms with Crippen molar-refractivity contribution in [1.29, 1.82) is 5.26 Å². The predicted molar refractivity (Wildman–Crippen MR) is 125 cm³/mol. The molecule has 4 aromatic rings. The molecule has 0 amide bonds. The normalized spacial score (nSPS) is 12.7. The van der Waals surface area contributed by atoms with Gasteiger partial charge in [-0.05, 0) is 69.7 Å². The second-order valence-corrected chi connectivity index (χ2v) is 9.10. The summed E-state index contributed by atoms with van der Waals surface area (Å²) >= 11 is 0. The van der Waals surface area contributed by atoms with E-state index < -0.39 is 11.7 Å². The van der Waals surface area contributed by atoms with E-state index in [0.717, 1.165) is 44.4 Å². The summed E-state index contributed by atoms with van der Waals surface area (Å²) in [6.07, 6.45) is 1.35. The van der Waals surface area contributed by atoms with Crippen molar-refractivity contribution < 1.29 is 14.3 Å². The van der Waals surface area contributed by atoms with Crippen LogP contribution in [0.2, 0.25) is 0 Å². The SMILES string of the molecule is COc1cc(C)c2c(ccn2C(=O)OC(C)(C)C)c1C(C)c1cc2cc(C#N)ccc2[nH]1. The van der Waals surface area contributed by atoms with Gasteiger partial charge in [-0.15, -0.1) is 0 Å². The number of H-pyrrole nitrogens is 1. The Labute approximate surface area is 187 Å². The van der Waals surface area contributed by atoms with Crippen molar-refractivity contribution in [2.45, 2.75) is 46.1 Å². The highest BCUT2D eigenvalue weighted by atomic mass is 16.6. The summed E-state index contributed by atoms with van der Waals surface area (Å²) in [7, 11) is 1.66. The first-order valence-electron chi connectivity index (χ1n) is 10.6. The van der Waals surface area contributed by atoms with Gasteiger partial charge in [0.2, 0.25) is 0 Å². The molecule has 2 heterocycles. The van der Waals surface area contributed by atoms with Crippen LogP contribution in [0.4, 0.5) is 4.79 Å². The van der Waals surface area contributed by atoms with Gasteiger partial charge in [0.25, 0.3) is 0 Å². The number of ether oxygens (including phenoxy) is 2. The van der Waals surface area contributed by atoms with E-state index in [0.29, 0.717) is 5.56 Å². The van der Waals surface area contributed by atoms with Crippen LogP contribution in [0, 0.1) is 18.3 Å². The highest BCUT2D eigenvalue weighted by Gasteiger charge is 2.25. The van der Waals surface area contributed by atoms with Gasteiger partial charge in [0.05, 0.1) is 24.3 Å². The highest BCUT2D eigenvalue weighted by Crippen LogP contribution is 2.40. The smallest absolute Gasteiger partial charge is 0.419 e. The minimum absolute atomic E-state index is 0.0412. The van der Waals surface area contributed by atoms with Crippen molar-refractivity contribution in [1.82, 2.24) is 9.55 Å². The molecule has 164 valence electrons. The Morgan fingerprint density at radius 2 is 1.94 bits per heavy atom. The summed E-state index contributed by atoms with van der Waals surface area (Å²) in [4.78, 5) is 16.3. The summed E-state index contributed by atoms with van der Waals surface area (Å²) in [6, 6.07) is 13.8. The number of nitrogens with zero attached hydrogens (tertiary/aromatic N) is 2. The zero-order valence-corrected chi connectivity index (χ0v) is 19.2. The Kier molecular flexibility index (Phi) is 5.21. The van der Waals surface area contributed by atoms with Gasteiger partial charge in [0.15, 0.2) is 0 Å². The summed E-state index contributed by atoms with van der Waals surface area (Å²) < 4.78 is 12.9. The molecule has 1 unspecified atom stereocenters. The largest absolute Gasteiger partial charge is 0.496 e. The van der Waals surface area contributed by atoms with Crippen LogP contribution in [0.5, 0.6) is 5.75 Å². The number of methoxy groups -OCH3 is 1. The van der Waals surface area contributed by atoms with Gasteiger partial charge in [-0.3, -0.25) is 4.57 Å². The van der Waals surface area contributed by atoms with E-state index in [9.17, 15) is 10.1 Å². The molecule has 0 aliphatic rings. The molecule has 6 heteroatoms. The van der Waals surface area contributed by atoms with E-state index in [1.165, 1.54) is 0 Å². The molecule has 0 saturated heterocycles. The summed E-state index contributed by atoms with van der Waals surface area (Å²) in [6.45, 7) is 9.63. The van der Waals surface area contributed by atoms with Gasteiger partial charge in [-0.1, -0.05) is 6.92 Å². The first kappa shape index (κ1) is 21.5. The number of benzene rings is 2. The second-order valence-electron chi connectivity index (χ2n) is 9.10.